The summed E-state index contributed by atoms with van der Waals surface area (Å²) in [5.41, 5.74) is 8.43. The molecule has 2 nitrogen and oxygen atoms in total. The van der Waals surface area contributed by atoms with Gasteiger partial charge in [-0.15, -0.1) is 11.3 Å². The third-order valence-corrected chi connectivity index (χ3v) is 2.45. The number of rotatable bonds is 3. The van der Waals surface area contributed by atoms with Crippen LogP contribution in [-0.4, -0.2) is 11.5 Å². The Balaban J connectivity index is 2.49. The highest BCUT2D eigenvalue weighted by Crippen LogP contribution is 2.13. The number of nitrogens with two attached hydrogens (primary N) is 1. The maximum atomic E-state index is 5.38. The minimum absolute atomic E-state index is 0.775. The van der Waals surface area contributed by atoms with Crippen LogP contribution in [0.15, 0.2) is 5.51 Å². The molecule has 0 radical (unpaired) electrons. The Morgan fingerprint density at radius 3 is 3.00 bits per heavy atom. The van der Waals surface area contributed by atoms with Crippen molar-refractivity contribution in [1.82, 2.24) is 4.98 Å². The lowest BCUT2D eigenvalue weighted by atomic mass is 10.2. The van der Waals surface area contributed by atoms with Crippen molar-refractivity contribution in [2.24, 2.45) is 5.73 Å². The molecule has 0 saturated heterocycles. The highest BCUT2D eigenvalue weighted by Gasteiger charge is 1.98. The SMILES string of the molecule is Cc1ncsc1CCCN. The summed E-state index contributed by atoms with van der Waals surface area (Å²) in [6.07, 6.45) is 2.16. The Bertz CT molecular complexity index is 195. The zero-order valence-corrected chi connectivity index (χ0v) is 6.95. The fourth-order valence-corrected chi connectivity index (χ4v) is 1.65. The van der Waals surface area contributed by atoms with Crippen molar-refractivity contribution >= 4 is 11.3 Å². The summed E-state index contributed by atoms with van der Waals surface area (Å²) >= 11 is 1.72. The lowest BCUT2D eigenvalue weighted by Crippen LogP contribution is -1.99. The first kappa shape index (κ1) is 7.69. The summed E-state index contributed by atoms with van der Waals surface area (Å²) in [4.78, 5) is 5.53. The van der Waals surface area contributed by atoms with Crippen molar-refractivity contribution in [2.75, 3.05) is 6.54 Å². The van der Waals surface area contributed by atoms with Crippen LogP contribution in [0.5, 0.6) is 0 Å². The van der Waals surface area contributed by atoms with Gasteiger partial charge in [-0.3, -0.25) is 0 Å². The summed E-state index contributed by atoms with van der Waals surface area (Å²) in [5, 5.41) is 0. The number of nitrogens with zero attached hydrogens (tertiary/aromatic N) is 1. The molecule has 0 bridgehead atoms. The Morgan fingerprint density at radius 1 is 1.70 bits per heavy atom. The van der Waals surface area contributed by atoms with E-state index in [2.05, 4.69) is 4.98 Å². The molecule has 0 saturated carbocycles. The molecular formula is C7H12N2S. The first-order valence-electron chi connectivity index (χ1n) is 3.43. The molecule has 10 heavy (non-hydrogen) atoms. The Kier molecular flexibility index (Phi) is 2.83. The molecule has 0 atom stereocenters. The zero-order valence-electron chi connectivity index (χ0n) is 6.13. The topological polar surface area (TPSA) is 38.9 Å². The molecule has 0 aliphatic carbocycles. The molecule has 1 heterocycles. The maximum Gasteiger partial charge on any atom is 0.0797 e. The zero-order chi connectivity index (χ0) is 7.40. The van der Waals surface area contributed by atoms with Gasteiger partial charge in [-0.1, -0.05) is 0 Å². The maximum absolute atomic E-state index is 5.38. The molecule has 56 valence electrons. The van der Waals surface area contributed by atoms with Gasteiger partial charge in [0.05, 0.1) is 11.2 Å². The third kappa shape index (κ3) is 1.78. The standard InChI is InChI=1S/C7H12N2S/c1-6-7(3-2-4-8)10-5-9-6/h5H,2-4,8H2,1H3. The van der Waals surface area contributed by atoms with Crippen LogP contribution in [0.2, 0.25) is 0 Å². The number of thiazole rings is 1. The highest BCUT2D eigenvalue weighted by molar-refractivity contribution is 7.09. The van der Waals surface area contributed by atoms with Crippen molar-refractivity contribution in [3.63, 3.8) is 0 Å². The van der Waals surface area contributed by atoms with E-state index in [1.807, 2.05) is 12.4 Å². The largest absolute Gasteiger partial charge is 0.330 e. The minimum Gasteiger partial charge on any atom is -0.330 e. The number of aryl methyl sites for hydroxylation is 2. The number of hydrogen-bond acceptors (Lipinski definition) is 3. The smallest absolute Gasteiger partial charge is 0.0797 e. The first-order valence-corrected chi connectivity index (χ1v) is 4.31. The lowest BCUT2D eigenvalue weighted by molar-refractivity contribution is 0.836. The molecule has 0 aliphatic rings. The van der Waals surface area contributed by atoms with Crippen LogP contribution in [0.3, 0.4) is 0 Å². The van der Waals surface area contributed by atoms with Gasteiger partial charge in [-0.2, -0.15) is 0 Å². The molecular weight excluding hydrogens is 144 g/mol. The molecule has 0 aromatic carbocycles. The molecule has 0 aliphatic heterocycles. The van der Waals surface area contributed by atoms with Gasteiger partial charge < -0.3 is 5.73 Å². The quantitative estimate of drug-likeness (QED) is 0.717. The molecule has 0 spiro atoms. The van der Waals surface area contributed by atoms with Crippen LogP contribution >= 0.6 is 11.3 Å². The van der Waals surface area contributed by atoms with Crippen molar-refractivity contribution in [3.05, 3.63) is 16.1 Å². The molecule has 1 aromatic rings. The molecule has 1 aromatic heterocycles. The number of hydrogen-bond donors (Lipinski definition) is 1. The van der Waals surface area contributed by atoms with Crippen LogP contribution in [0.1, 0.15) is 17.0 Å². The summed E-state index contributed by atoms with van der Waals surface area (Å²) in [6.45, 7) is 2.82. The van der Waals surface area contributed by atoms with E-state index in [0.29, 0.717) is 0 Å². The van der Waals surface area contributed by atoms with Crippen molar-refractivity contribution < 1.29 is 0 Å². The van der Waals surface area contributed by atoms with Crippen LogP contribution in [0.4, 0.5) is 0 Å². The van der Waals surface area contributed by atoms with Gasteiger partial charge >= 0.3 is 0 Å². The van der Waals surface area contributed by atoms with E-state index in [1.54, 1.807) is 11.3 Å². The van der Waals surface area contributed by atoms with E-state index in [0.717, 1.165) is 19.4 Å². The van der Waals surface area contributed by atoms with E-state index in [1.165, 1.54) is 10.6 Å². The van der Waals surface area contributed by atoms with E-state index in [9.17, 15) is 0 Å². The fourth-order valence-electron chi connectivity index (χ4n) is 0.829. The molecule has 3 heteroatoms. The van der Waals surface area contributed by atoms with Crippen LogP contribution < -0.4 is 5.73 Å². The predicted octanol–water partition coefficient (Wildman–Crippen LogP) is 1.34. The monoisotopic (exact) mass is 156 g/mol. The van der Waals surface area contributed by atoms with Gasteiger partial charge in [0.2, 0.25) is 0 Å². The second kappa shape index (κ2) is 3.68. The summed E-state index contributed by atoms with van der Waals surface area (Å²) in [7, 11) is 0. The summed E-state index contributed by atoms with van der Waals surface area (Å²) in [5.74, 6) is 0. The Labute approximate surface area is 65.1 Å². The van der Waals surface area contributed by atoms with E-state index in [4.69, 9.17) is 5.73 Å². The van der Waals surface area contributed by atoms with Gasteiger partial charge in [-0.05, 0) is 26.3 Å². The van der Waals surface area contributed by atoms with Crippen molar-refractivity contribution in [2.45, 2.75) is 19.8 Å². The molecule has 1 rings (SSSR count). The second-order valence-electron chi connectivity index (χ2n) is 2.25. The van der Waals surface area contributed by atoms with E-state index >= 15 is 0 Å². The van der Waals surface area contributed by atoms with Gasteiger partial charge in [0.25, 0.3) is 0 Å². The van der Waals surface area contributed by atoms with Crippen LogP contribution in [-0.2, 0) is 6.42 Å². The van der Waals surface area contributed by atoms with Gasteiger partial charge in [0.15, 0.2) is 0 Å². The first-order chi connectivity index (χ1) is 4.84. The fraction of sp³-hybridized carbons (Fsp3) is 0.571. The minimum atomic E-state index is 0.775. The Morgan fingerprint density at radius 2 is 2.50 bits per heavy atom. The second-order valence-corrected chi connectivity index (χ2v) is 3.19. The molecule has 0 amide bonds. The van der Waals surface area contributed by atoms with Crippen LogP contribution in [0.25, 0.3) is 0 Å². The lowest BCUT2D eigenvalue weighted by Gasteiger charge is -1.93. The molecule has 2 N–H and O–H groups in total. The van der Waals surface area contributed by atoms with Crippen molar-refractivity contribution in [1.29, 1.82) is 0 Å². The average molecular weight is 156 g/mol. The molecule has 0 unspecified atom stereocenters. The predicted molar refractivity (Wildman–Crippen MR) is 44.2 cm³/mol. The average Bonchev–Trinajstić information content (AvgIpc) is 2.31. The van der Waals surface area contributed by atoms with Gasteiger partial charge in [0, 0.05) is 4.88 Å². The summed E-state index contributed by atoms with van der Waals surface area (Å²) in [6, 6.07) is 0. The normalized spacial score (nSPS) is 10.2. The third-order valence-electron chi connectivity index (χ3n) is 1.45. The highest BCUT2D eigenvalue weighted by atomic mass is 32.1. The van der Waals surface area contributed by atoms with Gasteiger partial charge in [-0.25, -0.2) is 4.98 Å². The number of aromatic nitrogens is 1. The Hall–Kier alpha value is -0.410. The molecule has 0 fully saturated rings. The van der Waals surface area contributed by atoms with Crippen molar-refractivity contribution in [3.8, 4) is 0 Å². The summed E-state index contributed by atoms with van der Waals surface area (Å²) < 4.78 is 0. The van der Waals surface area contributed by atoms with E-state index in [-0.39, 0.29) is 0 Å². The van der Waals surface area contributed by atoms with Gasteiger partial charge in [0.1, 0.15) is 0 Å². The van der Waals surface area contributed by atoms with Crippen LogP contribution in [0, 0.1) is 6.92 Å². The van der Waals surface area contributed by atoms with E-state index < -0.39 is 0 Å².